The molecule has 0 amide bonds. The summed E-state index contributed by atoms with van der Waals surface area (Å²) in [5.74, 6) is -2.87. The predicted molar refractivity (Wildman–Crippen MR) is 147 cm³/mol. The number of hydrogen-bond donors (Lipinski definition) is 7. The summed E-state index contributed by atoms with van der Waals surface area (Å²) in [4.78, 5) is 24.7. The van der Waals surface area contributed by atoms with Crippen LogP contribution in [0.25, 0.3) is 12.2 Å². The van der Waals surface area contributed by atoms with E-state index in [1.165, 1.54) is 36.4 Å². The van der Waals surface area contributed by atoms with Gasteiger partial charge in [-0.15, -0.1) is 0 Å². The molecule has 1 heterocycles. The molecule has 1 aliphatic heterocycles. The topological polar surface area (TPSA) is 203 Å². The van der Waals surface area contributed by atoms with E-state index in [0.29, 0.717) is 11.1 Å². The van der Waals surface area contributed by atoms with Crippen LogP contribution in [0.15, 0.2) is 72.8 Å². The maximum atomic E-state index is 12.4. The molecule has 1 saturated heterocycles. The van der Waals surface area contributed by atoms with Crippen molar-refractivity contribution in [2.75, 3.05) is 6.61 Å². The molecule has 4 rings (SSSR count). The molecule has 0 radical (unpaired) electrons. The Bertz CT molecular complexity index is 1440. The number of phenolic OH excluding ortho intramolecular Hbond substituents is 4. The molecule has 220 valence electrons. The molecule has 42 heavy (non-hydrogen) atoms. The zero-order valence-electron chi connectivity index (χ0n) is 21.8. The molecule has 7 N–H and O–H groups in total. The second-order valence-corrected chi connectivity index (χ2v) is 9.28. The van der Waals surface area contributed by atoms with Gasteiger partial charge in [-0.2, -0.15) is 0 Å². The number of phenols is 4. The van der Waals surface area contributed by atoms with E-state index in [-0.39, 0.29) is 17.1 Å². The average Bonchev–Trinajstić information content (AvgIpc) is 2.95. The molecule has 0 saturated carbocycles. The third-order valence-corrected chi connectivity index (χ3v) is 6.27. The van der Waals surface area contributed by atoms with Crippen LogP contribution < -0.4 is 4.74 Å². The van der Waals surface area contributed by atoms with Crippen molar-refractivity contribution in [1.82, 2.24) is 0 Å². The zero-order chi connectivity index (χ0) is 30.4. The Hall–Kier alpha value is -4.88. The Kier molecular flexibility index (Phi) is 9.45. The average molecular weight is 581 g/mol. The molecule has 0 aromatic heterocycles. The number of aliphatic hydroxyl groups excluding tert-OH is 3. The highest BCUT2D eigenvalue weighted by molar-refractivity contribution is 6.10. The van der Waals surface area contributed by atoms with Crippen molar-refractivity contribution in [3.63, 3.8) is 0 Å². The lowest BCUT2D eigenvalue weighted by Crippen LogP contribution is -2.61. The molecule has 3 aromatic carbocycles. The molecule has 12 heteroatoms. The van der Waals surface area contributed by atoms with Crippen LogP contribution in [0.2, 0.25) is 0 Å². The molecule has 0 bridgehead atoms. The maximum absolute atomic E-state index is 12.4. The van der Waals surface area contributed by atoms with E-state index in [4.69, 9.17) is 14.2 Å². The quantitative estimate of drug-likeness (QED) is 0.110. The van der Waals surface area contributed by atoms with Gasteiger partial charge in [0.1, 0.15) is 52.6 Å². The molecule has 0 spiro atoms. The highest BCUT2D eigenvalue weighted by atomic mass is 16.7. The van der Waals surface area contributed by atoms with Crippen molar-refractivity contribution in [2.45, 2.75) is 30.7 Å². The second kappa shape index (κ2) is 13.2. The zero-order valence-corrected chi connectivity index (χ0v) is 21.8. The molecular weight excluding hydrogens is 552 g/mol. The van der Waals surface area contributed by atoms with Gasteiger partial charge in [-0.1, -0.05) is 30.3 Å². The van der Waals surface area contributed by atoms with Crippen LogP contribution in [0, 0.1) is 0 Å². The molecule has 12 nitrogen and oxygen atoms in total. The monoisotopic (exact) mass is 580 g/mol. The van der Waals surface area contributed by atoms with E-state index in [2.05, 4.69) is 0 Å². The normalized spacial score (nSPS) is 22.3. The first-order valence-corrected chi connectivity index (χ1v) is 12.6. The number of carbonyl (C=O) groups excluding carboxylic acids is 2. The van der Waals surface area contributed by atoms with E-state index in [1.54, 1.807) is 24.3 Å². The largest absolute Gasteiger partial charge is 0.508 e. The summed E-state index contributed by atoms with van der Waals surface area (Å²) in [7, 11) is 0. The number of ether oxygens (including phenoxy) is 3. The van der Waals surface area contributed by atoms with Crippen LogP contribution in [0.5, 0.6) is 28.7 Å². The number of esters is 1. The molecule has 1 fully saturated rings. The smallest absolute Gasteiger partial charge is 0.331 e. The Morgan fingerprint density at radius 1 is 0.786 bits per heavy atom. The fourth-order valence-corrected chi connectivity index (χ4v) is 4.12. The second-order valence-electron chi connectivity index (χ2n) is 9.28. The summed E-state index contributed by atoms with van der Waals surface area (Å²) in [5.41, 5.74) is 0.752. The van der Waals surface area contributed by atoms with Gasteiger partial charge < -0.3 is 50.0 Å². The predicted octanol–water partition coefficient (Wildman–Crippen LogP) is 1.85. The molecule has 0 unspecified atom stereocenters. The van der Waals surface area contributed by atoms with Crippen LogP contribution in [0.1, 0.15) is 21.5 Å². The van der Waals surface area contributed by atoms with Crippen molar-refractivity contribution in [3.8, 4) is 28.7 Å². The van der Waals surface area contributed by atoms with E-state index < -0.39 is 66.3 Å². The number of allylic oxidation sites excluding steroid dienone is 1. The Labute approximate surface area is 239 Å². The highest BCUT2D eigenvalue weighted by Crippen LogP contribution is 2.32. The van der Waals surface area contributed by atoms with Gasteiger partial charge in [0.2, 0.25) is 6.29 Å². The number of carbonyl (C=O) groups is 2. The fourth-order valence-electron chi connectivity index (χ4n) is 4.12. The summed E-state index contributed by atoms with van der Waals surface area (Å²) in [6.45, 7) is -0.660. The lowest BCUT2D eigenvalue weighted by atomic mass is 9.99. The number of rotatable bonds is 9. The van der Waals surface area contributed by atoms with E-state index in [0.717, 1.165) is 24.3 Å². The molecular formula is C30H28O12. The first kappa shape index (κ1) is 30.1. The van der Waals surface area contributed by atoms with E-state index in [9.17, 15) is 45.3 Å². The lowest BCUT2D eigenvalue weighted by Gasteiger charge is -2.41. The maximum Gasteiger partial charge on any atom is 0.331 e. The van der Waals surface area contributed by atoms with Gasteiger partial charge in [0.15, 0.2) is 11.9 Å². The van der Waals surface area contributed by atoms with Crippen molar-refractivity contribution in [1.29, 1.82) is 0 Å². The first-order valence-electron chi connectivity index (χ1n) is 12.6. The molecule has 1 aliphatic rings. The van der Waals surface area contributed by atoms with Gasteiger partial charge in [-0.25, -0.2) is 4.79 Å². The fraction of sp³-hybridized carbons (Fsp3) is 0.200. The lowest BCUT2D eigenvalue weighted by molar-refractivity contribution is -0.280. The van der Waals surface area contributed by atoms with Gasteiger partial charge in [0.05, 0.1) is 6.61 Å². The van der Waals surface area contributed by atoms with Crippen LogP contribution in [0.3, 0.4) is 0 Å². The van der Waals surface area contributed by atoms with Gasteiger partial charge in [0, 0.05) is 18.2 Å². The summed E-state index contributed by atoms with van der Waals surface area (Å²) in [6, 6.07) is 13.9. The van der Waals surface area contributed by atoms with Crippen LogP contribution >= 0.6 is 0 Å². The summed E-state index contributed by atoms with van der Waals surface area (Å²) in [5, 5.41) is 69.4. The van der Waals surface area contributed by atoms with Gasteiger partial charge in [0.25, 0.3) is 0 Å². The number of ketones is 1. The summed E-state index contributed by atoms with van der Waals surface area (Å²) in [6.07, 6.45) is -2.35. The third-order valence-electron chi connectivity index (χ3n) is 6.27. The minimum Gasteiger partial charge on any atom is -0.508 e. The Morgan fingerprint density at radius 3 is 1.95 bits per heavy atom. The van der Waals surface area contributed by atoms with Crippen molar-refractivity contribution < 1.29 is 59.5 Å². The number of benzene rings is 3. The molecule has 5 atom stereocenters. The minimum atomic E-state index is -1.66. The van der Waals surface area contributed by atoms with Crippen LogP contribution in [-0.4, -0.2) is 84.8 Å². The first-order chi connectivity index (χ1) is 20.0. The van der Waals surface area contributed by atoms with E-state index >= 15 is 0 Å². The van der Waals surface area contributed by atoms with Crippen molar-refractivity contribution in [3.05, 3.63) is 89.5 Å². The Balaban J connectivity index is 1.36. The van der Waals surface area contributed by atoms with Gasteiger partial charge in [-0.05, 0) is 47.5 Å². The SMILES string of the molecule is O=C(C=Cc1ccc(O)cc1)O[C@H]1[C@H](O)[C@@H](O)[C@H](Oc2ccc(C=CC(=O)c3c(O)cc(O)cc3O)cc2)O[C@@H]1CO. The summed E-state index contributed by atoms with van der Waals surface area (Å²) >= 11 is 0. The number of hydrogen-bond acceptors (Lipinski definition) is 12. The Morgan fingerprint density at radius 2 is 1.36 bits per heavy atom. The van der Waals surface area contributed by atoms with Crippen molar-refractivity contribution >= 4 is 23.9 Å². The number of aromatic hydroxyl groups is 4. The van der Waals surface area contributed by atoms with Crippen LogP contribution in [0.4, 0.5) is 0 Å². The van der Waals surface area contributed by atoms with E-state index in [1.807, 2.05) is 0 Å². The molecule has 3 aromatic rings. The third kappa shape index (κ3) is 7.25. The summed E-state index contributed by atoms with van der Waals surface area (Å²) < 4.78 is 16.4. The van der Waals surface area contributed by atoms with Crippen LogP contribution in [-0.2, 0) is 14.3 Å². The molecule has 0 aliphatic carbocycles. The standard InChI is InChI=1S/C30H28O12/c31-15-24-29(42-25(37)12-6-16-1-7-18(32)8-2-16)27(38)28(39)30(41-24)40-20-9-3-17(4-10-20)5-11-21(34)26-22(35)13-19(33)14-23(26)36/h1-14,24,27-33,35-36,38-39H,15H2/t24-,27-,28-,29-,30-/m1/s1. The number of aliphatic hydroxyl groups is 3. The minimum absolute atomic E-state index is 0.0591. The van der Waals surface area contributed by atoms with Gasteiger partial charge >= 0.3 is 5.97 Å². The van der Waals surface area contributed by atoms with Gasteiger partial charge in [-0.3, -0.25) is 4.79 Å². The van der Waals surface area contributed by atoms with Crippen molar-refractivity contribution in [2.24, 2.45) is 0 Å². The highest BCUT2D eigenvalue weighted by Gasteiger charge is 2.47.